The number of rotatable bonds is 13. The molecule has 0 amide bonds. The van der Waals surface area contributed by atoms with Crippen molar-refractivity contribution in [2.75, 3.05) is 40.6 Å². The summed E-state index contributed by atoms with van der Waals surface area (Å²) >= 11 is 0. The van der Waals surface area contributed by atoms with Crippen molar-refractivity contribution in [1.29, 1.82) is 0 Å². The van der Waals surface area contributed by atoms with Crippen molar-refractivity contribution in [2.45, 2.75) is 32.3 Å². The third kappa shape index (κ3) is 9.45. The number of benzene rings is 1. The van der Waals surface area contributed by atoms with Gasteiger partial charge in [-0.1, -0.05) is 18.6 Å². The van der Waals surface area contributed by atoms with E-state index in [1.54, 1.807) is 14.2 Å². The van der Waals surface area contributed by atoms with E-state index in [0.717, 1.165) is 37.4 Å². The molecule has 120 valence electrons. The van der Waals surface area contributed by atoms with E-state index >= 15 is 0 Å². The Kier molecular flexibility index (Phi) is 10.8. The normalized spacial score (nSPS) is 10.8. The Morgan fingerprint density at radius 1 is 0.714 bits per heavy atom. The lowest BCUT2D eigenvalue weighted by Gasteiger charge is -2.08. The lowest BCUT2D eigenvalue weighted by Crippen LogP contribution is -2.02. The third-order valence-electron chi connectivity index (χ3n) is 3.14. The van der Waals surface area contributed by atoms with Crippen LogP contribution in [0.2, 0.25) is 0 Å². The topological polar surface area (TPSA) is 36.9 Å². The monoisotopic (exact) mass is 296 g/mol. The molecule has 0 heterocycles. The van der Waals surface area contributed by atoms with Crippen LogP contribution in [-0.2, 0) is 20.8 Å². The second-order valence-corrected chi connectivity index (χ2v) is 4.94. The first-order valence-corrected chi connectivity index (χ1v) is 7.64. The first-order valence-electron chi connectivity index (χ1n) is 7.64. The first-order chi connectivity index (χ1) is 10.4. The van der Waals surface area contributed by atoms with Gasteiger partial charge in [-0.3, -0.25) is 0 Å². The van der Waals surface area contributed by atoms with Crippen LogP contribution in [0.5, 0.6) is 5.75 Å². The predicted octanol–water partition coefficient (Wildman–Crippen LogP) is 3.44. The van der Waals surface area contributed by atoms with Gasteiger partial charge in [-0.15, -0.1) is 0 Å². The van der Waals surface area contributed by atoms with Gasteiger partial charge < -0.3 is 18.9 Å². The zero-order valence-corrected chi connectivity index (χ0v) is 13.3. The second-order valence-electron chi connectivity index (χ2n) is 4.94. The van der Waals surface area contributed by atoms with Gasteiger partial charge in [0.1, 0.15) is 5.75 Å². The number of methoxy groups -OCH3 is 2. The number of hydrogen-bond donors (Lipinski definition) is 0. The maximum Gasteiger partial charge on any atom is 0.119 e. The van der Waals surface area contributed by atoms with E-state index in [-0.39, 0.29) is 0 Å². The molecular formula is C17H28O4. The standard InChI is InChI=1S/C17H28O4/c1-18-11-5-3-4-6-12-21-17-9-7-16(8-10-17)15-20-14-13-19-2/h7-10H,3-6,11-15H2,1-2H3. The van der Waals surface area contributed by atoms with Crippen molar-refractivity contribution in [2.24, 2.45) is 0 Å². The highest BCUT2D eigenvalue weighted by atomic mass is 16.5. The van der Waals surface area contributed by atoms with Gasteiger partial charge in [-0.05, 0) is 37.0 Å². The Hall–Kier alpha value is -1.10. The van der Waals surface area contributed by atoms with Crippen molar-refractivity contribution < 1.29 is 18.9 Å². The molecule has 1 rings (SSSR count). The van der Waals surface area contributed by atoms with E-state index in [9.17, 15) is 0 Å². The SMILES string of the molecule is COCCCCCCOc1ccc(COCCOC)cc1. The minimum atomic E-state index is 0.614. The summed E-state index contributed by atoms with van der Waals surface area (Å²) in [6, 6.07) is 8.08. The lowest BCUT2D eigenvalue weighted by atomic mass is 10.2. The number of ether oxygens (including phenoxy) is 4. The molecule has 0 spiro atoms. The van der Waals surface area contributed by atoms with Gasteiger partial charge in [0.05, 0.1) is 26.4 Å². The predicted molar refractivity (Wildman–Crippen MR) is 83.8 cm³/mol. The maximum atomic E-state index is 5.72. The average molecular weight is 296 g/mol. The van der Waals surface area contributed by atoms with Crippen LogP contribution in [0.1, 0.15) is 31.2 Å². The molecule has 0 radical (unpaired) electrons. The Balaban J connectivity index is 2.07. The van der Waals surface area contributed by atoms with Gasteiger partial charge in [-0.25, -0.2) is 0 Å². The summed E-state index contributed by atoms with van der Waals surface area (Å²) in [5.74, 6) is 0.924. The maximum absolute atomic E-state index is 5.72. The van der Waals surface area contributed by atoms with E-state index in [4.69, 9.17) is 18.9 Å². The Labute approximate surface area is 128 Å². The molecule has 0 aromatic heterocycles. The van der Waals surface area contributed by atoms with Gasteiger partial charge in [-0.2, -0.15) is 0 Å². The molecule has 0 N–H and O–H groups in total. The number of hydrogen-bond acceptors (Lipinski definition) is 4. The first kappa shape index (κ1) is 18.0. The second kappa shape index (κ2) is 12.6. The zero-order valence-electron chi connectivity index (χ0n) is 13.3. The third-order valence-corrected chi connectivity index (χ3v) is 3.14. The Bertz CT molecular complexity index is 337. The molecule has 4 nitrogen and oxygen atoms in total. The van der Waals surface area contributed by atoms with Crippen LogP contribution >= 0.6 is 0 Å². The van der Waals surface area contributed by atoms with Crippen LogP contribution in [0, 0.1) is 0 Å². The molecule has 0 bridgehead atoms. The van der Waals surface area contributed by atoms with Gasteiger partial charge in [0, 0.05) is 20.8 Å². The summed E-state index contributed by atoms with van der Waals surface area (Å²) in [6.45, 7) is 3.50. The summed E-state index contributed by atoms with van der Waals surface area (Å²) < 4.78 is 21.1. The van der Waals surface area contributed by atoms with Crippen molar-refractivity contribution in [3.05, 3.63) is 29.8 Å². The fourth-order valence-electron chi connectivity index (χ4n) is 1.91. The smallest absolute Gasteiger partial charge is 0.119 e. The van der Waals surface area contributed by atoms with E-state index in [0.29, 0.717) is 19.8 Å². The van der Waals surface area contributed by atoms with Gasteiger partial charge in [0.2, 0.25) is 0 Å². The van der Waals surface area contributed by atoms with Crippen molar-refractivity contribution in [3.8, 4) is 5.75 Å². The van der Waals surface area contributed by atoms with E-state index in [2.05, 4.69) is 0 Å². The van der Waals surface area contributed by atoms with Gasteiger partial charge in [0.25, 0.3) is 0 Å². The molecule has 0 unspecified atom stereocenters. The highest BCUT2D eigenvalue weighted by molar-refractivity contribution is 5.26. The molecule has 0 aliphatic heterocycles. The molecule has 4 heteroatoms. The molecular weight excluding hydrogens is 268 g/mol. The van der Waals surface area contributed by atoms with Crippen LogP contribution in [0.15, 0.2) is 24.3 Å². The van der Waals surface area contributed by atoms with Crippen LogP contribution in [-0.4, -0.2) is 40.6 Å². The van der Waals surface area contributed by atoms with Crippen molar-refractivity contribution in [1.82, 2.24) is 0 Å². The fourth-order valence-corrected chi connectivity index (χ4v) is 1.91. The molecule has 0 saturated carbocycles. The number of unbranched alkanes of at least 4 members (excludes halogenated alkanes) is 3. The van der Waals surface area contributed by atoms with Crippen molar-refractivity contribution in [3.63, 3.8) is 0 Å². The summed E-state index contributed by atoms with van der Waals surface area (Å²) in [6.07, 6.45) is 4.61. The average Bonchev–Trinajstić information content (AvgIpc) is 2.52. The van der Waals surface area contributed by atoms with Crippen LogP contribution < -0.4 is 4.74 Å². The van der Waals surface area contributed by atoms with Gasteiger partial charge >= 0.3 is 0 Å². The summed E-state index contributed by atoms with van der Waals surface area (Å²) in [5.41, 5.74) is 1.15. The highest BCUT2D eigenvalue weighted by Gasteiger charge is 1.97. The van der Waals surface area contributed by atoms with Crippen LogP contribution in [0.4, 0.5) is 0 Å². The van der Waals surface area contributed by atoms with Gasteiger partial charge in [0.15, 0.2) is 0 Å². The van der Waals surface area contributed by atoms with E-state index in [1.165, 1.54) is 12.8 Å². The zero-order chi connectivity index (χ0) is 15.2. The minimum absolute atomic E-state index is 0.614. The molecule has 0 fully saturated rings. The lowest BCUT2D eigenvalue weighted by molar-refractivity contribution is 0.0616. The summed E-state index contributed by atoms with van der Waals surface area (Å²) in [7, 11) is 3.42. The van der Waals surface area contributed by atoms with E-state index in [1.807, 2.05) is 24.3 Å². The Morgan fingerprint density at radius 2 is 1.38 bits per heavy atom. The van der Waals surface area contributed by atoms with Crippen LogP contribution in [0.25, 0.3) is 0 Å². The molecule has 0 aliphatic rings. The molecule has 0 saturated heterocycles. The summed E-state index contributed by atoms with van der Waals surface area (Å²) in [4.78, 5) is 0. The molecule has 0 atom stereocenters. The molecule has 21 heavy (non-hydrogen) atoms. The minimum Gasteiger partial charge on any atom is -0.494 e. The quantitative estimate of drug-likeness (QED) is 0.523. The molecule has 0 aliphatic carbocycles. The van der Waals surface area contributed by atoms with Crippen LogP contribution in [0.3, 0.4) is 0 Å². The van der Waals surface area contributed by atoms with E-state index < -0.39 is 0 Å². The highest BCUT2D eigenvalue weighted by Crippen LogP contribution is 2.13. The van der Waals surface area contributed by atoms with Crippen molar-refractivity contribution >= 4 is 0 Å². The summed E-state index contributed by atoms with van der Waals surface area (Å²) in [5, 5.41) is 0. The largest absolute Gasteiger partial charge is 0.494 e. The molecule has 1 aromatic rings. The molecule has 1 aromatic carbocycles. The fraction of sp³-hybridized carbons (Fsp3) is 0.647. The Morgan fingerprint density at radius 3 is 2.05 bits per heavy atom.